The number of aromatic nitrogens is 3. The Morgan fingerprint density at radius 3 is 2.73 bits per heavy atom. The van der Waals surface area contributed by atoms with Crippen LogP contribution in [-0.4, -0.2) is 21.2 Å². The molecule has 0 atom stereocenters. The van der Waals surface area contributed by atoms with Gasteiger partial charge >= 0.3 is 0 Å². The molecule has 5 nitrogen and oxygen atoms in total. The molecule has 0 aliphatic carbocycles. The van der Waals surface area contributed by atoms with Crippen LogP contribution >= 0.6 is 0 Å². The number of hydrogen-bond acceptors (Lipinski definition) is 3. The van der Waals surface area contributed by atoms with E-state index in [2.05, 4.69) is 15.5 Å². The van der Waals surface area contributed by atoms with Gasteiger partial charge in [0.25, 0.3) is 0 Å². The molecular weight excluding hydrogens is 199 g/mol. The molecule has 6 heteroatoms. The molecule has 0 radical (unpaired) electrons. The molecule has 0 spiro atoms. The first-order chi connectivity index (χ1) is 7.31. The smallest absolute Gasteiger partial charge is 0.211 e. The van der Waals surface area contributed by atoms with Crippen LogP contribution in [0.15, 0.2) is 30.9 Å². The van der Waals surface area contributed by atoms with Crippen molar-refractivity contribution in [1.29, 1.82) is 0 Å². The number of anilines is 1. The highest BCUT2D eigenvalue weighted by Crippen LogP contribution is 2.17. The number of carbonyl (C=O) groups is 1. The Hall–Kier alpha value is -2.24. The molecule has 0 saturated carbocycles. The van der Waals surface area contributed by atoms with Crippen LogP contribution in [0.2, 0.25) is 0 Å². The summed E-state index contributed by atoms with van der Waals surface area (Å²) >= 11 is 0. The first-order valence-electron chi connectivity index (χ1n) is 4.16. The van der Waals surface area contributed by atoms with Crippen LogP contribution in [0.25, 0.3) is 5.69 Å². The van der Waals surface area contributed by atoms with Crippen molar-refractivity contribution in [3.05, 3.63) is 36.7 Å². The van der Waals surface area contributed by atoms with Gasteiger partial charge < -0.3 is 5.32 Å². The number of benzene rings is 1. The summed E-state index contributed by atoms with van der Waals surface area (Å²) < 4.78 is 14.7. The number of nitrogens with zero attached hydrogens (tertiary/aromatic N) is 3. The lowest BCUT2D eigenvalue weighted by Crippen LogP contribution is -1.99. The van der Waals surface area contributed by atoms with E-state index in [1.807, 2.05) is 0 Å². The minimum Gasteiger partial charge on any atom is -0.326 e. The predicted octanol–water partition coefficient (Wildman–Crippen LogP) is 0.975. The van der Waals surface area contributed by atoms with Crippen molar-refractivity contribution in [2.75, 3.05) is 5.32 Å². The normalized spacial score (nSPS) is 9.93. The maximum atomic E-state index is 13.1. The number of rotatable bonds is 3. The molecule has 15 heavy (non-hydrogen) atoms. The van der Waals surface area contributed by atoms with Gasteiger partial charge in [0.15, 0.2) is 0 Å². The molecule has 0 unspecified atom stereocenters. The number of nitrogens with one attached hydrogen (secondary N) is 1. The average molecular weight is 206 g/mol. The van der Waals surface area contributed by atoms with Crippen molar-refractivity contribution in [2.45, 2.75) is 0 Å². The maximum Gasteiger partial charge on any atom is 0.211 e. The molecule has 0 saturated heterocycles. The Bertz CT molecular complexity index is 469. The Balaban J connectivity index is 2.42. The van der Waals surface area contributed by atoms with Gasteiger partial charge in [-0.15, -0.1) is 10.2 Å². The summed E-state index contributed by atoms with van der Waals surface area (Å²) in [5.41, 5.74) is 0.793. The molecule has 1 aromatic heterocycles. The lowest BCUT2D eigenvalue weighted by molar-refractivity contribution is -0.105. The number of hydrogen-bond donors (Lipinski definition) is 1. The van der Waals surface area contributed by atoms with Crippen LogP contribution in [-0.2, 0) is 4.79 Å². The zero-order valence-electron chi connectivity index (χ0n) is 7.59. The molecule has 1 heterocycles. The summed E-state index contributed by atoms with van der Waals surface area (Å²) in [6.45, 7) is 0. The van der Waals surface area contributed by atoms with Gasteiger partial charge in [-0.05, 0) is 18.2 Å². The summed E-state index contributed by atoms with van der Waals surface area (Å²) in [4.78, 5) is 10.2. The van der Waals surface area contributed by atoms with E-state index in [-0.39, 0.29) is 5.69 Å². The largest absolute Gasteiger partial charge is 0.326 e. The summed E-state index contributed by atoms with van der Waals surface area (Å²) in [7, 11) is 0. The molecule has 1 aromatic carbocycles. The quantitative estimate of drug-likeness (QED) is 0.761. The zero-order chi connectivity index (χ0) is 10.7. The third-order valence-electron chi connectivity index (χ3n) is 1.88. The van der Waals surface area contributed by atoms with Crippen molar-refractivity contribution in [3.8, 4) is 5.69 Å². The molecule has 0 aliphatic heterocycles. The van der Waals surface area contributed by atoms with Crippen molar-refractivity contribution < 1.29 is 9.18 Å². The first-order valence-corrected chi connectivity index (χ1v) is 4.16. The minimum atomic E-state index is -0.487. The zero-order valence-corrected chi connectivity index (χ0v) is 7.59. The van der Waals surface area contributed by atoms with Crippen LogP contribution in [0.3, 0.4) is 0 Å². The molecule has 0 bridgehead atoms. The summed E-state index contributed by atoms with van der Waals surface area (Å²) in [5, 5.41) is 9.52. The number of carbonyl (C=O) groups excluding carboxylic acids is 1. The second-order valence-electron chi connectivity index (χ2n) is 2.80. The Kier molecular flexibility index (Phi) is 2.40. The van der Waals surface area contributed by atoms with Gasteiger partial charge in [-0.3, -0.25) is 9.36 Å². The van der Waals surface area contributed by atoms with Gasteiger partial charge in [-0.25, -0.2) is 4.39 Å². The second-order valence-corrected chi connectivity index (χ2v) is 2.80. The molecular formula is C9H7FN4O. The Morgan fingerprint density at radius 2 is 2.07 bits per heavy atom. The van der Waals surface area contributed by atoms with Crippen LogP contribution < -0.4 is 5.32 Å². The average Bonchev–Trinajstić information content (AvgIpc) is 2.75. The Morgan fingerprint density at radius 1 is 1.33 bits per heavy atom. The molecule has 76 valence electrons. The van der Waals surface area contributed by atoms with Gasteiger partial charge in [0, 0.05) is 0 Å². The van der Waals surface area contributed by atoms with Gasteiger partial charge in [0.1, 0.15) is 18.5 Å². The van der Waals surface area contributed by atoms with Crippen LogP contribution in [0.1, 0.15) is 0 Å². The van der Waals surface area contributed by atoms with Crippen molar-refractivity contribution in [2.24, 2.45) is 0 Å². The highest BCUT2D eigenvalue weighted by Gasteiger charge is 2.03. The highest BCUT2D eigenvalue weighted by molar-refractivity contribution is 5.72. The lowest BCUT2D eigenvalue weighted by atomic mass is 10.2. The van der Waals surface area contributed by atoms with Crippen LogP contribution in [0, 0.1) is 5.82 Å². The molecule has 2 aromatic rings. The van der Waals surface area contributed by atoms with Crippen molar-refractivity contribution >= 4 is 12.1 Å². The third-order valence-corrected chi connectivity index (χ3v) is 1.88. The van der Waals surface area contributed by atoms with Gasteiger partial charge in [-0.2, -0.15) is 0 Å². The summed E-state index contributed by atoms with van der Waals surface area (Å²) in [6, 6.07) is 4.32. The van der Waals surface area contributed by atoms with Crippen LogP contribution in [0.5, 0.6) is 0 Å². The van der Waals surface area contributed by atoms with E-state index >= 15 is 0 Å². The van der Waals surface area contributed by atoms with E-state index in [1.165, 1.54) is 24.8 Å². The lowest BCUT2D eigenvalue weighted by Gasteiger charge is -2.05. The topological polar surface area (TPSA) is 59.8 Å². The van der Waals surface area contributed by atoms with Gasteiger partial charge in [0.05, 0.1) is 11.4 Å². The fraction of sp³-hybridized carbons (Fsp3) is 0. The molecule has 0 aliphatic rings. The fourth-order valence-corrected chi connectivity index (χ4v) is 1.18. The van der Waals surface area contributed by atoms with Crippen LogP contribution in [0.4, 0.5) is 10.1 Å². The monoisotopic (exact) mass is 206 g/mol. The highest BCUT2D eigenvalue weighted by atomic mass is 19.1. The molecule has 1 N–H and O–H groups in total. The molecule has 1 amide bonds. The first kappa shape index (κ1) is 9.32. The molecule has 0 fully saturated rings. The van der Waals surface area contributed by atoms with E-state index in [1.54, 1.807) is 10.6 Å². The minimum absolute atomic E-state index is 0.121. The SMILES string of the molecule is O=CNc1cc(-n2cnnc2)ccc1F. The Labute approximate surface area is 84.6 Å². The van der Waals surface area contributed by atoms with E-state index in [9.17, 15) is 9.18 Å². The van der Waals surface area contributed by atoms with Gasteiger partial charge in [-0.1, -0.05) is 0 Å². The summed E-state index contributed by atoms with van der Waals surface area (Å²) in [5.74, 6) is -0.487. The van der Waals surface area contributed by atoms with Crippen molar-refractivity contribution in [1.82, 2.24) is 14.8 Å². The predicted molar refractivity (Wildman–Crippen MR) is 51.0 cm³/mol. The van der Waals surface area contributed by atoms with Gasteiger partial charge in [0.2, 0.25) is 6.41 Å². The molecule has 2 rings (SSSR count). The standard InChI is InChI=1S/C9H7FN4O/c10-8-2-1-7(3-9(8)11-6-15)14-4-12-13-5-14/h1-6H,(H,11,15). The third kappa shape index (κ3) is 1.83. The van der Waals surface area contributed by atoms with E-state index in [0.29, 0.717) is 12.1 Å². The van der Waals surface area contributed by atoms with E-state index < -0.39 is 5.82 Å². The second kappa shape index (κ2) is 3.87. The fourth-order valence-electron chi connectivity index (χ4n) is 1.18. The number of amides is 1. The number of halogens is 1. The maximum absolute atomic E-state index is 13.1. The summed E-state index contributed by atoms with van der Waals surface area (Å²) in [6.07, 6.45) is 3.39. The van der Waals surface area contributed by atoms with E-state index in [0.717, 1.165) is 0 Å². The van der Waals surface area contributed by atoms with E-state index in [4.69, 9.17) is 0 Å². The van der Waals surface area contributed by atoms with Crippen molar-refractivity contribution in [3.63, 3.8) is 0 Å².